The van der Waals surface area contributed by atoms with Gasteiger partial charge in [0, 0.05) is 11.9 Å². The average molecular weight is 238 g/mol. The molecule has 3 heteroatoms. The van der Waals surface area contributed by atoms with Crippen molar-refractivity contribution in [1.82, 2.24) is 4.98 Å². The van der Waals surface area contributed by atoms with Crippen LogP contribution >= 0.6 is 11.3 Å². The fraction of sp³-hybridized carbons (Fsp3) is 0.769. The van der Waals surface area contributed by atoms with Gasteiger partial charge >= 0.3 is 0 Å². The highest BCUT2D eigenvalue weighted by Crippen LogP contribution is 2.30. The van der Waals surface area contributed by atoms with Crippen molar-refractivity contribution in [3.05, 3.63) is 11.1 Å². The lowest BCUT2D eigenvalue weighted by molar-refractivity contribution is 0.274. The molecule has 1 fully saturated rings. The van der Waals surface area contributed by atoms with Crippen LogP contribution in [0.15, 0.2) is 5.38 Å². The van der Waals surface area contributed by atoms with Crippen molar-refractivity contribution in [3.8, 4) is 0 Å². The molecule has 0 radical (unpaired) electrons. The first-order valence-electron chi connectivity index (χ1n) is 6.40. The van der Waals surface area contributed by atoms with Crippen molar-refractivity contribution >= 4 is 16.5 Å². The summed E-state index contributed by atoms with van der Waals surface area (Å²) in [6, 6.07) is 0. The van der Waals surface area contributed by atoms with Gasteiger partial charge in [-0.3, -0.25) is 0 Å². The van der Waals surface area contributed by atoms with E-state index < -0.39 is 0 Å². The van der Waals surface area contributed by atoms with Gasteiger partial charge in [-0.1, -0.05) is 26.2 Å². The van der Waals surface area contributed by atoms with Crippen LogP contribution in [0, 0.1) is 18.8 Å². The quantitative estimate of drug-likeness (QED) is 0.855. The van der Waals surface area contributed by atoms with Gasteiger partial charge < -0.3 is 5.32 Å². The fourth-order valence-corrected chi connectivity index (χ4v) is 3.36. The number of hydrogen-bond donors (Lipinski definition) is 1. The highest BCUT2D eigenvalue weighted by atomic mass is 32.1. The summed E-state index contributed by atoms with van der Waals surface area (Å²) < 4.78 is 0. The predicted molar refractivity (Wildman–Crippen MR) is 71.1 cm³/mol. The maximum Gasteiger partial charge on any atom is 0.182 e. The van der Waals surface area contributed by atoms with Gasteiger partial charge in [0.15, 0.2) is 5.13 Å². The third kappa shape index (κ3) is 3.48. The molecule has 1 heterocycles. The molecule has 16 heavy (non-hydrogen) atoms. The first-order chi connectivity index (χ1) is 7.74. The molecule has 0 spiro atoms. The zero-order valence-corrected chi connectivity index (χ0v) is 11.1. The molecule has 1 aromatic heterocycles. The Morgan fingerprint density at radius 3 is 3.06 bits per heavy atom. The summed E-state index contributed by atoms with van der Waals surface area (Å²) in [4.78, 5) is 4.42. The van der Waals surface area contributed by atoms with Crippen LogP contribution in [0.1, 0.15) is 44.7 Å². The summed E-state index contributed by atoms with van der Waals surface area (Å²) in [5.74, 6) is 1.89. The van der Waals surface area contributed by atoms with Crippen molar-refractivity contribution in [1.29, 1.82) is 0 Å². The second-order valence-electron chi connectivity index (χ2n) is 5.15. The summed E-state index contributed by atoms with van der Waals surface area (Å²) in [5, 5.41) is 6.62. The van der Waals surface area contributed by atoms with E-state index in [4.69, 9.17) is 0 Å². The Labute approximate surface area is 102 Å². The second-order valence-corrected chi connectivity index (χ2v) is 6.01. The third-order valence-corrected chi connectivity index (χ3v) is 4.41. The summed E-state index contributed by atoms with van der Waals surface area (Å²) in [5.41, 5.74) is 1.12. The third-order valence-electron chi connectivity index (χ3n) is 3.49. The van der Waals surface area contributed by atoms with E-state index in [0.29, 0.717) is 0 Å². The van der Waals surface area contributed by atoms with Gasteiger partial charge in [-0.05, 0) is 31.6 Å². The van der Waals surface area contributed by atoms with E-state index in [2.05, 4.69) is 22.6 Å². The van der Waals surface area contributed by atoms with E-state index in [1.54, 1.807) is 11.3 Å². The average Bonchev–Trinajstić information content (AvgIpc) is 2.64. The first-order valence-corrected chi connectivity index (χ1v) is 7.28. The Morgan fingerprint density at radius 2 is 2.38 bits per heavy atom. The summed E-state index contributed by atoms with van der Waals surface area (Å²) in [6.45, 7) is 5.53. The summed E-state index contributed by atoms with van der Waals surface area (Å²) in [7, 11) is 0. The molecule has 90 valence electrons. The van der Waals surface area contributed by atoms with Crippen molar-refractivity contribution in [2.45, 2.75) is 46.0 Å². The molecule has 0 saturated heterocycles. The minimum atomic E-state index is 0.942. The Bertz CT molecular complexity index is 321. The summed E-state index contributed by atoms with van der Waals surface area (Å²) in [6.07, 6.45) is 7.04. The van der Waals surface area contributed by atoms with Crippen LogP contribution in [0.5, 0.6) is 0 Å². The smallest absolute Gasteiger partial charge is 0.182 e. The normalized spacial score (nSPS) is 25.6. The standard InChI is InChI=1S/C13H22N2S/c1-10-4-3-5-12(8-10)6-7-14-13-15-11(2)9-16-13/h9-10,12H,3-8H2,1-2H3,(H,14,15). The van der Waals surface area contributed by atoms with Gasteiger partial charge in [-0.2, -0.15) is 0 Å². The van der Waals surface area contributed by atoms with Crippen molar-refractivity contribution in [3.63, 3.8) is 0 Å². The van der Waals surface area contributed by atoms with Crippen LogP contribution in [0.4, 0.5) is 5.13 Å². The van der Waals surface area contributed by atoms with E-state index >= 15 is 0 Å². The molecule has 2 nitrogen and oxygen atoms in total. The molecular formula is C13H22N2S. The number of thiazole rings is 1. The summed E-state index contributed by atoms with van der Waals surface area (Å²) >= 11 is 1.71. The molecule has 2 rings (SSSR count). The molecule has 1 N–H and O–H groups in total. The highest BCUT2D eigenvalue weighted by Gasteiger charge is 2.18. The van der Waals surface area contributed by atoms with Gasteiger partial charge in [0.05, 0.1) is 5.69 Å². The molecule has 1 aliphatic rings. The lowest BCUT2D eigenvalue weighted by atomic mass is 9.81. The number of rotatable bonds is 4. The Morgan fingerprint density at radius 1 is 1.50 bits per heavy atom. The molecule has 1 aromatic rings. The van der Waals surface area contributed by atoms with Gasteiger partial charge in [-0.25, -0.2) is 4.98 Å². The Kier molecular flexibility index (Phi) is 4.22. The number of nitrogens with one attached hydrogen (secondary N) is 1. The van der Waals surface area contributed by atoms with Gasteiger partial charge in [0.1, 0.15) is 0 Å². The molecule has 0 aromatic carbocycles. The van der Waals surface area contributed by atoms with Gasteiger partial charge in [0.2, 0.25) is 0 Å². The molecular weight excluding hydrogens is 216 g/mol. The lowest BCUT2D eigenvalue weighted by Gasteiger charge is -2.26. The van der Waals surface area contributed by atoms with Crippen molar-refractivity contribution < 1.29 is 0 Å². The second kappa shape index (κ2) is 5.67. The van der Waals surface area contributed by atoms with Gasteiger partial charge in [0.25, 0.3) is 0 Å². The van der Waals surface area contributed by atoms with Gasteiger partial charge in [-0.15, -0.1) is 11.3 Å². The minimum absolute atomic E-state index is 0.942. The van der Waals surface area contributed by atoms with Crippen LogP contribution in [0.3, 0.4) is 0 Å². The van der Waals surface area contributed by atoms with Crippen molar-refractivity contribution in [2.75, 3.05) is 11.9 Å². The minimum Gasteiger partial charge on any atom is -0.362 e. The zero-order chi connectivity index (χ0) is 11.4. The lowest BCUT2D eigenvalue weighted by Crippen LogP contribution is -2.16. The number of nitrogens with zero attached hydrogens (tertiary/aromatic N) is 1. The van der Waals surface area contributed by atoms with Crippen LogP contribution in [0.25, 0.3) is 0 Å². The molecule has 2 atom stereocenters. The molecule has 0 bridgehead atoms. The van der Waals surface area contributed by atoms with Crippen LogP contribution in [-0.2, 0) is 0 Å². The SMILES string of the molecule is Cc1csc(NCCC2CCCC(C)C2)n1. The van der Waals surface area contributed by atoms with Crippen molar-refractivity contribution in [2.24, 2.45) is 11.8 Å². The van der Waals surface area contributed by atoms with Crippen LogP contribution in [-0.4, -0.2) is 11.5 Å². The molecule has 0 amide bonds. The Hall–Kier alpha value is -0.570. The number of anilines is 1. The highest BCUT2D eigenvalue weighted by molar-refractivity contribution is 7.13. The predicted octanol–water partition coefficient (Wildman–Crippen LogP) is 4.08. The largest absolute Gasteiger partial charge is 0.362 e. The topological polar surface area (TPSA) is 24.9 Å². The molecule has 0 aliphatic heterocycles. The van der Waals surface area contributed by atoms with Crippen LogP contribution in [0.2, 0.25) is 0 Å². The van der Waals surface area contributed by atoms with E-state index in [0.717, 1.165) is 29.2 Å². The molecule has 1 aliphatic carbocycles. The first kappa shape index (κ1) is 11.9. The fourth-order valence-electron chi connectivity index (χ4n) is 2.64. The monoisotopic (exact) mass is 238 g/mol. The number of hydrogen-bond acceptors (Lipinski definition) is 3. The van der Waals surface area contributed by atoms with E-state index in [-0.39, 0.29) is 0 Å². The Balaban J connectivity index is 1.67. The van der Waals surface area contributed by atoms with Crippen LogP contribution < -0.4 is 5.32 Å². The zero-order valence-electron chi connectivity index (χ0n) is 10.3. The number of aryl methyl sites for hydroxylation is 1. The van der Waals surface area contributed by atoms with E-state index in [1.807, 2.05) is 6.92 Å². The number of aromatic nitrogens is 1. The maximum absolute atomic E-state index is 4.42. The molecule has 2 unspecified atom stereocenters. The maximum atomic E-state index is 4.42. The molecule has 1 saturated carbocycles. The van der Waals surface area contributed by atoms with E-state index in [1.165, 1.54) is 32.1 Å². The van der Waals surface area contributed by atoms with E-state index in [9.17, 15) is 0 Å².